The van der Waals surface area contributed by atoms with Crippen LogP contribution in [0, 0.1) is 19.3 Å². The topological polar surface area (TPSA) is 29.1 Å². The van der Waals surface area contributed by atoms with Gasteiger partial charge in [0, 0.05) is 6.42 Å². The van der Waals surface area contributed by atoms with Crippen molar-refractivity contribution in [3.05, 3.63) is 35.4 Å². The lowest BCUT2D eigenvalue weighted by molar-refractivity contribution is -0.122. The summed E-state index contributed by atoms with van der Waals surface area (Å²) < 4.78 is 0. The van der Waals surface area contributed by atoms with E-state index < -0.39 is 5.54 Å². The van der Waals surface area contributed by atoms with Gasteiger partial charge in [0.05, 0.1) is 5.54 Å². The summed E-state index contributed by atoms with van der Waals surface area (Å²) in [5, 5.41) is 2.81. The van der Waals surface area contributed by atoms with E-state index in [1.165, 1.54) is 11.1 Å². The molecule has 17 heavy (non-hydrogen) atoms. The zero-order valence-corrected chi connectivity index (χ0v) is 10.7. The van der Waals surface area contributed by atoms with Crippen LogP contribution in [0.3, 0.4) is 0 Å². The first kappa shape index (κ1) is 13.3. The van der Waals surface area contributed by atoms with Gasteiger partial charge in [0.25, 0.3) is 0 Å². The third-order valence-electron chi connectivity index (χ3n) is 2.57. The number of terminal acetylenes is 1. The van der Waals surface area contributed by atoms with E-state index in [1.807, 2.05) is 20.8 Å². The molecule has 1 N–H and O–H groups in total. The van der Waals surface area contributed by atoms with E-state index in [1.54, 1.807) is 0 Å². The molecule has 0 atom stereocenters. The number of amides is 1. The Labute approximate surface area is 103 Å². The predicted octanol–water partition coefficient (Wildman–Crippen LogP) is 2.46. The van der Waals surface area contributed by atoms with Crippen molar-refractivity contribution in [2.24, 2.45) is 0 Å². The summed E-state index contributed by atoms with van der Waals surface area (Å²) in [6.45, 7) is 5.68. The lowest BCUT2D eigenvalue weighted by Crippen LogP contribution is -2.42. The fourth-order valence-corrected chi connectivity index (χ4v) is 1.46. The highest BCUT2D eigenvalue weighted by Gasteiger charge is 2.16. The van der Waals surface area contributed by atoms with Crippen LogP contribution in [-0.2, 0) is 11.2 Å². The van der Waals surface area contributed by atoms with Gasteiger partial charge >= 0.3 is 0 Å². The van der Waals surface area contributed by atoms with Crippen molar-refractivity contribution in [3.8, 4) is 12.3 Å². The van der Waals surface area contributed by atoms with E-state index in [2.05, 4.69) is 35.5 Å². The normalized spacial score (nSPS) is 10.7. The molecular formula is C15H19NO. The Morgan fingerprint density at radius 3 is 2.47 bits per heavy atom. The number of benzene rings is 1. The van der Waals surface area contributed by atoms with E-state index in [4.69, 9.17) is 6.42 Å². The van der Waals surface area contributed by atoms with Gasteiger partial charge in [-0.25, -0.2) is 0 Å². The maximum Gasteiger partial charge on any atom is 0.221 e. The number of hydrogen-bond donors (Lipinski definition) is 1. The van der Waals surface area contributed by atoms with E-state index in [-0.39, 0.29) is 5.91 Å². The number of carbonyl (C=O) groups is 1. The van der Waals surface area contributed by atoms with E-state index in [0.29, 0.717) is 6.42 Å². The van der Waals surface area contributed by atoms with Crippen LogP contribution < -0.4 is 5.32 Å². The van der Waals surface area contributed by atoms with Gasteiger partial charge in [0.1, 0.15) is 0 Å². The number of aryl methyl sites for hydroxylation is 2. The quantitative estimate of drug-likeness (QED) is 0.789. The highest BCUT2D eigenvalue weighted by atomic mass is 16.1. The Bertz CT molecular complexity index is 423. The van der Waals surface area contributed by atoms with Gasteiger partial charge < -0.3 is 5.32 Å². The fraction of sp³-hybridized carbons (Fsp3) is 0.400. The van der Waals surface area contributed by atoms with Crippen LogP contribution in [0.4, 0.5) is 0 Å². The summed E-state index contributed by atoms with van der Waals surface area (Å²) in [7, 11) is 0. The Kier molecular flexibility index (Phi) is 4.34. The van der Waals surface area contributed by atoms with Crippen molar-refractivity contribution >= 4 is 5.91 Å². The molecule has 2 heteroatoms. The molecule has 0 spiro atoms. The summed E-state index contributed by atoms with van der Waals surface area (Å²) in [6.07, 6.45) is 6.52. The molecule has 0 heterocycles. The summed E-state index contributed by atoms with van der Waals surface area (Å²) in [4.78, 5) is 11.7. The molecule has 0 unspecified atom stereocenters. The molecule has 0 saturated heterocycles. The lowest BCUT2D eigenvalue weighted by Gasteiger charge is -2.19. The maximum absolute atomic E-state index is 11.7. The van der Waals surface area contributed by atoms with Gasteiger partial charge in [-0.3, -0.25) is 4.79 Å². The van der Waals surface area contributed by atoms with Gasteiger partial charge in [0.2, 0.25) is 5.91 Å². The molecule has 0 fully saturated rings. The molecule has 0 aromatic heterocycles. The van der Waals surface area contributed by atoms with E-state index in [9.17, 15) is 4.79 Å². The molecule has 2 nitrogen and oxygen atoms in total. The Hall–Kier alpha value is -1.75. The van der Waals surface area contributed by atoms with Gasteiger partial charge in [0.15, 0.2) is 0 Å². The Morgan fingerprint density at radius 1 is 1.35 bits per heavy atom. The van der Waals surface area contributed by atoms with Crippen LogP contribution in [0.5, 0.6) is 0 Å². The van der Waals surface area contributed by atoms with Gasteiger partial charge in [-0.15, -0.1) is 6.42 Å². The van der Waals surface area contributed by atoms with Crippen molar-refractivity contribution in [1.29, 1.82) is 0 Å². The third-order valence-corrected chi connectivity index (χ3v) is 2.57. The van der Waals surface area contributed by atoms with E-state index >= 15 is 0 Å². The number of carbonyl (C=O) groups excluding carboxylic acids is 1. The van der Waals surface area contributed by atoms with E-state index in [0.717, 1.165) is 6.42 Å². The van der Waals surface area contributed by atoms with Crippen LogP contribution in [0.15, 0.2) is 24.3 Å². The smallest absolute Gasteiger partial charge is 0.221 e. The van der Waals surface area contributed by atoms with Gasteiger partial charge in [-0.2, -0.15) is 0 Å². The van der Waals surface area contributed by atoms with Gasteiger partial charge in [-0.05, 0) is 32.8 Å². The first-order chi connectivity index (χ1) is 7.93. The summed E-state index contributed by atoms with van der Waals surface area (Å²) >= 11 is 0. The van der Waals surface area contributed by atoms with Crippen LogP contribution in [0.1, 0.15) is 31.4 Å². The fourth-order valence-electron chi connectivity index (χ4n) is 1.46. The summed E-state index contributed by atoms with van der Waals surface area (Å²) in [6, 6.07) is 8.21. The second-order valence-electron chi connectivity index (χ2n) is 4.80. The largest absolute Gasteiger partial charge is 0.340 e. The van der Waals surface area contributed by atoms with Crippen LogP contribution in [0.25, 0.3) is 0 Å². The molecule has 0 aliphatic carbocycles. The molecule has 90 valence electrons. The minimum absolute atomic E-state index is 0.00600. The molecule has 0 aliphatic heterocycles. The van der Waals surface area contributed by atoms with Crippen molar-refractivity contribution in [2.45, 2.75) is 39.2 Å². The van der Waals surface area contributed by atoms with Crippen LogP contribution in [-0.4, -0.2) is 11.4 Å². The Morgan fingerprint density at radius 2 is 1.94 bits per heavy atom. The molecule has 1 amide bonds. The number of rotatable bonds is 4. The van der Waals surface area contributed by atoms with Crippen molar-refractivity contribution in [2.75, 3.05) is 0 Å². The second-order valence-corrected chi connectivity index (χ2v) is 4.80. The first-order valence-electron chi connectivity index (χ1n) is 5.77. The van der Waals surface area contributed by atoms with Crippen LogP contribution in [0.2, 0.25) is 0 Å². The molecule has 0 saturated carbocycles. The van der Waals surface area contributed by atoms with Crippen molar-refractivity contribution < 1.29 is 4.79 Å². The first-order valence-corrected chi connectivity index (χ1v) is 5.77. The lowest BCUT2D eigenvalue weighted by atomic mass is 10.0. The molecule has 1 aromatic rings. The SMILES string of the molecule is C#CC(C)(C)NC(=O)CCc1ccc(C)cc1. The minimum atomic E-state index is -0.565. The van der Waals surface area contributed by atoms with Crippen molar-refractivity contribution in [3.63, 3.8) is 0 Å². The monoisotopic (exact) mass is 229 g/mol. The molecule has 0 radical (unpaired) electrons. The zero-order chi connectivity index (χ0) is 12.9. The summed E-state index contributed by atoms with van der Waals surface area (Å²) in [5.74, 6) is 2.54. The molecular weight excluding hydrogens is 210 g/mol. The van der Waals surface area contributed by atoms with Crippen molar-refractivity contribution in [1.82, 2.24) is 5.32 Å². The predicted molar refractivity (Wildman–Crippen MR) is 70.6 cm³/mol. The minimum Gasteiger partial charge on any atom is -0.340 e. The second kappa shape index (κ2) is 5.54. The van der Waals surface area contributed by atoms with Crippen LogP contribution >= 0.6 is 0 Å². The molecule has 1 aromatic carbocycles. The third kappa shape index (κ3) is 4.74. The Balaban J connectivity index is 2.44. The maximum atomic E-state index is 11.7. The highest BCUT2D eigenvalue weighted by molar-refractivity contribution is 5.77. The zero-order valence-electron chi connectivity index (χ0n) is 10.7. The summed E-state index contributed by atoms with van der Waals surface area (Å²) in [5.41, 5.74) is 1.83. The molecule has 0 bridgehead atoms. The highest BCUT2D eigenvalue weighted by Crippen LogP contribution is 2.07. The average molecular weight is 229 g/mol. The molecule has 1 rings (SSSR count). The average Bonchev–Trinajstić information content (AvgIpc) is 2.28. The number of nitrogens with one attached hydrogen (secondary N) is 1. The number of hydrogen-bond acceptors (Lipinski definition) is 1. The standard InChI is InChI=1S/C15H19NO/c1-5-15(3,4)16-14(17)11-10-13-8-6-12(2)7-9-13/h1,6-9H,10-11H2,2-4H3,(H,16,17). The molecule has 0 aliphatic rings. The van der Waals surface area contributed by atoms with Gasteiger partial charge in [-0.1, -0.05) is 35.7 Å².